The molecule has 1 aromatic heterocycles. The Labute approximate surface area is 197 Å². The zero-order valence-electron chi connectivity index (χ0n) is 18.1. The van der Waals surface area contributed by atoms with Crippen LogP contribution in [0.2, 0.25) is 0 Å². The smallest absolute Gasteiger partial charge is 0.307 e. The molecule has 166 valence electrons. The Kier molecular flexibility index (Phi) is 7.22. The summed E-state index contributed by atoms with van der Waals surface area (Å²) in [6.07, 6.45) is 2.82. The molecule has 3 N–H and O–H groups in total. The summed E-state index contributed by atoms with van der Waals surface area (Å²) < 4.78 is 0.985. The van der Waals surface area contributed by atoms with E-state index in [1.54, 1.807) is 0 Å². The van der Waals surface area contributed by atoms with Gasteiger partial charge < -0.3 is 15.7 Å². The first kappa shape index (κ1) is 22.5. The lowest BCUT2D eigenvalue weighted by molar-refractivity contribution is -0.136. The van der Waals surface area contributed by atoms with Gasteiger partial charge in [-0.2, -0.15) is 0 Å². The maximum absolute atomic E-state index is 11.1. The molecule has 0 amide bonds. The van der Waals surface area contributed by atoms with Gasteiger partial charge in [0.25, 0.3) is 0 Å². The first-order valence-corrected chi connectivity index (χ1v) is 11.8. The Bertz CT molecular complexity index is 1070. The summed E-state index contributed by atoms with van der Waals surface area (Å²) in [5, 5.41) is 16.5. The summed E-state index contributed by atoms with van der Waals surface area (Å²) in [6.45, 7) is 3.86. The number of carbonyl (C=O) groups is 1. The predicted octanol–water partition coefficient (Wildman–Crippen LogP) is 5.19. The van der Waals surface area contributed by atoms with Gasteiger partial charge in [0, 0.05) is 35.7 Å². The zero-order valence-corrected chi connectivity index (χ0v) is 19.7. The van der Waals surface area contributed by atoms with Crippen molar-refractivity contribution in [1.82, 2.24) is 10.3 Å². The van der Waals surface area contributed by atoms with Gasteiger partial charge in [-0.15, -0.1) is 0 Å². The molecule has 6 heteroatoms. The van der Waals surface area contributed by atoms with Crippen LogP contribution in [-0.4, -0.2) is 29.1 Å². The molecule has 1 aliphatic rings. The number of pyridine rings is 1. The first-order valence-electron chi connectivity index (χ1n) is 11.0. The Morgan fingerprint density at radius 3 is 2.75 bits per heavy atom. The van der Waals surface area contributed by atoms with Gasteiger partial charge in [-0.05, 0) is 51.0 Å². The van der Waals surface area contributed by atoms with Crippen LogP contribution in [0.1, 0.15) is 41.3 Å². The number of aromatic nitrogens is 1. The number of nitrogens with zero attached hydrogens (tertiary/aromatic N) is 1. The average molecular weight is 494 g/mol. The number of benzene rings is 2. The van der Waals surface area contributed by atoms with Crippen molar-refractivity contribution < 1.29 is 9.90 Å². The van der Waals surface area contributed by atoms with Gasteiger partial charge in [-0.3, -0.25) is 9.78 Å². The van der Waals surface area contributed by atoms with Gasteiger partial charge in [0.05, 0.1) is 17.8 Å². The standard InChI is InChI=1S/C26H28BrN3O2/c1-17(20-9-5-6-18(10-20)11-25(31)32)14-30-26(19-7-3-2-4-8-19)21-12-23-24(28-15-21)13-22(27)16-29-23/h2-10,13,16-17,21,26,28,30H,11-12,14-15H2,1H3,(H,31,32)/t17-,21-,26-/m1/s1. The van der Waals surface area contributed by atoms with Crippen molar-refractivity contribution in [3.05, 3.63) is 93.7 Å². The maximum Gasteiger partial charge on any atom is 0.307 e. The van der Waals surface area contributed by atoms with Gasteiger partial charge >= 0.3 is 5.97 Å². The molecule has 2 heterocycles. The van der Waals surface area contributed by atoms with E-state index >= 15 is 0 Å². The molecule has 4 rings (SSSR count). The fourth-order valence-electron chi connectivity index (χ4n) is 4.40. The molecule has 0 saturated carbocycles. The maximum atomic E-state index is 11.1. The minimum Gasteiger partial charge on any atom is -0.481 e. The number of anilines is 1. The van der Waals surface area contributed by atoms with Crippen LogP contribution in [0.4, 0.5) is 5.69 Å². The number of halogens is 1. The summed E-state index contributed by atoms with van der Waals surface area (Å²) in [6, 6.07) is 20.8. The van der Waals surface area contributed by atoms with E-state index in [-0.39, 0.29) is 18.4 Å². The first-order chi connectivity index (χ1) is 15.5. The fourth-order valence-corrected chi connectivity index (χ4v) is 4.73. The summed E-state index contributed by atoms with van der Waals surface area (Å²) in [4.78, 5) is 15.7. The topological polar surface area (TPSA) is 74.2 Å². The van der Waals surface area contributed by atoms with Gasteiger partial charge in [-0.1, -0.05) is 61.5 Å². The van der Waals surface area contributed by atoms with Gasteiger partial charge in [0.15, 0.2) is 0 Å². The third-order valence-corrected chi connectivity index (χ3v) is 6.53. The highest BCUT2D eigenvalue weighted by Gasteiger charge is 2.28. The van der Waals surface area contributed by atoms with Crippen molar-refractivity contribution in [1.29, 1.82) is 0 Å². The number of carboxylic acid groups (broad SMARTS) is 1. The summed E-state index contributed by atoms with van der Waals surface area (Å²) in [7, 11) is 0. The lowest BCUT2D eigenvalue weighted by Crippen LogP contribution is -2.37. The number of carboxylic acids is 1. The number of hydrogen-bond donors (Lipinski definition) is 3. The number of nitrogens with one attached hydrogen (secondary N) is 2. The second-order valence-corrected chi connectivity index (χ2v) is 9.42. The van der Waals surface area contributed by atoms with Crippen molar-refractivity contribution in [3.8, 4) is 0 Å². The molecule has 0 saturated heterocycles. The minimum atomic E-state index is -0.803. The number of aliphatic carboxylic acids is 1. The van der Waals surface area contributed by atoms with Crippen LogP contribution in [0, 0.1) is 5.92 Å². The highest BCUT2D eigenvalue weighted by Crippen LogP contribution is 2.33. The van der Waals surface area contributed by atoms with Crippen molar-refractivity contribution in [3.63, 3.8) is 0 Å². The number of fused-ring (bicyclic) bond motifs is 1. The van der Waals surface area contributed by atoms with Crippen LogP contribution >= 0.6 is 15.9 Å². The van der Waals surface area contributed by atoms with E-state index in [1.807, 2.05) is 30.5 Å². The van der Waals surface area contributed by atoms with Crippen LogP contribution < -0.4 is 10.6 Å². The van der Waals surface area contributed by atoms with E-state index in [2.05, 4.69) is 74.9 Å². The van der Waals surface area contributed by atoms with E-state index in [0.29, 0.717) is 5.92 Å². The molecular weight excluding hydrogens is 466 g/mol. The number of rotatable bonds is 8. The molecule has 0 bridgehead atoms. The molecule has 0 fully saturated rings. The van der Waals surface area contributed by atoms with Gasteiger partial charge in [0.2, 0.25) is 0 Å². The van der Waals surface area contributed by atoms with Crippen LogP contribution in [0.3, 0.4) is 0 Å². The molecule has 0 aliphatic carbocycles. The second kappa shape index (κ2) is 10.3. The zero-order chi connectivity index (χ0) is 22.5. The molecule has 0 spiro atoms. The van der Waals surface area contributed by atoms with Crippen molar-refractivity contribution in [2.24, 2.45) is 5.92 Å². The summed E-state index contributed by atoms with van der Waals surface area (Å²) >= 11 is 3.50. The molecule has 0 radical (unpaired) electrons. The molecule has 0 unspecified atom stereocenters. The molecule has 5 nitrogen and oxygen atoms in total. The third kappa shape index (κ3) is 5.56. The monoisotopic (exact) mass is 493 g/mol. The highest BCUT2D eigenvalue weighted by molar-refractivity contribution is 9.10. The predicted molar refractivity (Wildman–Crippen MR) is 131 cm³/mol. The SMILES string of the molecule is C[C@H](CN[C@H](c1ccccc1)[C@H]1CNc2cc(Br)cnc2C1)c1cccc(CC(=O)O)c1. The molecule has 2 aromatic carbocycles. The molecular formula is C26H28BrN3O2. The van der Waals surface area contributed by atoms with Crippen LogP contribution in [-0.2, 0) is 17.6 Å². The summed E-state index contributed by atoms with van der Waals surface area (Å²) in [5.74, 6) is -0.181. The third-order valence-electron chi connectivity index (χ3n) is 6.10. The lowest BCUT2D eigenvalue weighted by atomic mass is 9.86. The van der Waals surface area contributed by atoms with E-state index < -0.39 is 5.97 Å². The van der Waals surface area contributed by atoms with Crippen LogP contribution in [0.5, 0.6) is 0 Å². The van der Waals surface area contributed by atoms with Crippen molar-refractivity contribution >= 4 is 27.6 Å². The molecule has 3 atom stereocenters. The Balaban J connectivity index is 1.50. The van der Waals surface area contributed by atoms with Crippen molar-refractivity contribution in [2.75, 3.05) is 18.4 Å². The molecule has 32 heavy (non-hydrogen) atoms. The van der Waals surface area contributed by atoms with Gasteiger partial charge in [-0.25, -0.2) is 0 Å². The fraction of sp³-hybridized carbons (Fsp3) is 0.308. The summed E-state index contributed by atoms with van der Waals surface area (Å²) in [5.41, 5.74) is 5.47. The Morgan fingerprint density at radius 1 is 1.19 bits per heavy atom. The lowest BCUT2D eigenvalue weighted by Gasteiger charge is -2.33. The largest absolute Gasteiger partial charge is 0.481 e. The van der Waals surface area contributed by atoms with Crippen LogP contribution in [0.15, 0.2) is 71.3 Å². The average Bonchev–Trinajstić information content (AvgIpc) is 2.79. The quantitative estimate of drug-likeness (QED) is 0.402. The minimum absolute atomic E-state index is 0.0525. The Morgan fingerprint density at radius 2 is 1.97 bits per heavy atom. The molecule has 3 aromatic rings. The highest BCUT2D eigenvalue weighted by atomic mass is 79.9. The van der Waals surface area contributed by atoms with E-state index in [4.69, 9.17) is 5.11 Å². The van der Waals surface area contributed by atoms with Gasteiger partial charge in [0.1, 0.15) is 0 Å². The van der Waals surface area contributed by atoms with Crippen LogP contribution in [0.25, 0.3) is 0 Å². The van der Waals surface area contributed by atoms with E-state index in [1.165, 1.54) is 5.56 Å². The van der Waals surface area contributed by atoms with E-state index in [0.717, 1.165) is 46.5 Å². The van der Waals surface area contributed by atoms with E-state index in [9.17, 15) is 4.79 Å². The van der Waals surface area contributed by atoms with Crippen molar-refractivity contribution in [2.45, 2.75) is 31.7 Å². The molecule has 1 aliphatic heterocycles. The Hall–Kier alpha value is -2.70. The number of hydrogen-bond acceptors (Lipinski definition) is 4. The normalized spacial score (nSPS) is 17.1. The second-order valence-electron chi connectivity index (χ2n) is 8.51.